The van der Waals surface area contributed by atoms with Crippen molar-refractivity contribution in [2.75, 3.05) is 5.32 Å². The summed E-state index contributed by atoms with van der Waals surface area (Å²) in [5.41, 5.74) is 0.389. The molecule has 0 amide bonds. The minimum absolute atomic E-state index is 0.323. The first-order chi connectivity index (χ1) is 9.36. The molecule has 0 saturated heterocycles. The first kappa shape index (κ1) is 14.8. The van der Waals surface area contributed by atoms with E-state index in [1.54, 1.807) is 19.2 Å². The minimum Gasteiger partial charge on any atom is -0.378 e. The maximum atomic E-state index is 12.7. The fraction of sp³-hybridized carbons (Fsp3) is 0.231. The molecule has 106 valence electrons. The average molecular weight is 346 g/mol. The number of nitrogens with one attached hydrogen (secondary N) is 1. The van der Waals surface area contributed by atoms with E-state index in [1.807, 2.05) is 0 Å². The molecule has 1 N–H and O–H groups in total. The molecule has 0 aliphatic rings. The average Bonchev–Trinajstić information content (AvgIpc) is 2.36. The van der Waals surface area contributed by atoms with Gasteiger partial charge in [-0.05, 0) is 47.1 Å². The number of halogens is 4. The van der Waals surface area contributed by atoms with Crippen molar-refractivity contribution in [2.45, 2.75) is 19.6 Å². The van der Waals surface area contributed by atoms with Crippen LogP contribution in [0.5, 0.6) is 0 Å². The van der Waals surface area contributed by atoms with Crippen molar-refractivity contribution >= 4 is 21.6 Å². The number of hydrogen-bond donors (Lipinski definition) is 1. The lowest BCUT2D eigenvalue weighted by atomic mass is 10.2. The topological polar surface area (TPSA) is 37.8 Å². The van der Waals surface area contributed by atoms with Gasteiger partial charge in [-0.15, -0.1) is 0 Å². The molecule has 1 aromatic carbocycles. The normalized spacial score (nSPS) is 11.4. The fourth-order valence-corrected chi connectivity index (χ4v) is 2.01. The zero-order valence-corrected chi connectivity index (χ0v) is 12.1. The molecular weight excluding hydrogens is 335 g/mol. The Bertz CT molecular complexity index is 614. The van der Waals surface area contributed by atoms with E-state index in [-0.39, 0.29) is 0 Å². The molecule has 0 aliphatic heterocycles. The molecule has 1 aromatic heterocycles. The minimum atomic E-state index is -4.36. The number of rotatable bonds is 3. The fourth-order valence-electron chi connectivity index (χ4n) is 1.63. The Kier molecular flexibility index (Phi) is 4.27. The Morgan fingerprint density at radius 3 is 2.65 bits per heavy atom. The van der Waals surface area contributed by atoms with Gasteiger partial charge in [-0.25, -0.2) is 9.97 Å². The third-order valence-electron chi connectivity index (χ3n) is 2.59. The Balaban J connectivity index is 2.17. The number of benzene rings is 1. The van der Waals surface area contributed by atoms with E-state index in [1.165, 1.54) is 6.07 Å². The van der Waals surface area contributed by atoms with Crippen LogP contribution in [0.4, 0.5) is 18.9 Å². The largest absolute Gasteiger partial charge is 0.416 e. The molecule has 1 heterocycles. The van der Waals surface area contributed by atoms with Gasteiger partial charge in [0.1, 0.15) is 5.82 Å². The number of anilines is 1. The smallest absolute Gasteiger partial charge is 0.378 e. The molecule has 0 bridgehead atoms. The van der Waals surface area contributed by atoms with Crippen LogP contribution in [0.3, 0.4) is 0 Å². The molecule has 2 aromatic rings. The summed E-state index contributed by atoms with van der Waals surface area (Å²) < 4.78 is 38.5. The van der Waals surface area contributed by atoms with Gasteiger partial charge in [0.25, 0.3) is 0 Å². The molecule has 0 spiro atoms. The Morgan fingerprint density at radius 2 is 2.00 bits per heavy atom. The van der Waals surface area contributed by atoms with Gasteiger partial charge in [-0.1, -0.05) is 0 Å². The molecule has 0 unspecified atom stereocenters. The van der Waals surface area contributed by atoms with Gasteiger partial charge in [0.05, 0.1) is 17.8 Å². The van der Waals surface area contributed by atoms with Crippen molar-refractivity contribution in [3.05, 3.63) is 52.0 Å². The standard InChI is InChI=1S/C13H11BrF3N3/c1-8-18-5-4-10(20-8)7-19-12-6-9(13(15,16)17)2-3-11(12)14/h2-6,19H,7H2,1H3. The maximum Gasteiger partial charge on any atom is 0.416 e. The number of nitrogens with zero attached hydrogens (tertiary/aromatic N) is 2. The summed E-state index contributed by atoms with van der Waals surface area (Å²) in [6.45, 7) is 2.08. The summed E-state index contributed by atoms with van der Waals surface area (Å²) in [5.74, 6) is 0.618. The van der Waals surface area contributed by atoms with Crippen molar-refractivity contribution in [2.24, 2.45) is 0 Å². The van der Waals surface area contributed by atoms with Crippen molar-refractivity contribution in [3.63, 3.8) is 0 Å². The highest BCUT2D eigenvalue weighted by Crippen LogP contribution is 2.34. The highest BCUT2D eigenvalue weighted by Gasteiger charge is 2.30. The second-order valence-corrected chi connectivity index (χ2v) is 5.00. The van der Waals surface area contributed by atoms with Crippen molar-refractivity contribution in [1.82, 2.24) is 9.97 Å². The lowest BCUT2D eigenvalue weighted by molar-refractivity contribution is -0.137. The van der Waals surface area contributed by atoms with E-state index >= 15 is 0 Å². The number of aromatic nitrogens is 2. The van der Waals surface area contributed by atoms with Gasteiger partial charge in [0, 0.05) is 16.4 Å². The quantitative estimate of drug-likeness (QED) is 0.906. The summed E-state index contributed by atoms with van der Waals surface area (Å²) in [6.07, 6.45) is -2.75. The van der Waals surface area contributed by atoms with Crippen LogP contribution in [-0.4, -0.2) is 9.97 Å². The molecule has 20 heavy (non-hydrogen) atoms. The van der Waals surface area contributed by atoms with Crippen LogP contribution in [-0.2, 0) is 12.7 Å². The van der Waals surface area contributed by atoms with Gasteiger partial charge in [-0.3, -0.25) is 0 Å². The molecule has 0 atom stereocenters. The molecule has 0 radical (unpaired) electrons. The van der Waals surface area contributed by atoms with Crippen LogP contribution in [0.2, 0.25) is 0 Å². The zero-order chi connectivity index (χ0) is 14.8. The molecular formula is C13H11BrF3N3. The number of hydrogen-bond acceptors (Lipinski definition) is 3. The van der Waals surface area contributed by atoms with Crippen molar-refractivity contribution in [3.8, 4) is 0 Å². The Morgan fingerprint density at radius 1 is 1.25 bits per heavy atom. The maximum absolute atomic E-state index is 12.7. The highest BCUT2D eigenvalue weighted by molar-refractivity contribution is 9.10. The van der Waals surface area contributed by atoms with Crippen molar-refractivity contribution in [1.29, 1.82) is 0 Å². The van der Waals surface area contributed by atoms with Gasteiger partial charge < -0.3 is 5.32 Å². The van der Waals surface area contributed by atoms with Gasteiger partial charge in [0.2, 0.25) is 0 Å². The second kappa shape index (κ2) is 5.78. The molecule has 0 fully saturated rings. The molecule has 2 rings (SSSR count). The van der Waals surface area contributed by atoms with E-state index in [2.05, 4.69) is 31.2 Å². The van der Waals surface area contributed by atoms with E-state index < -0.39 is 11.7 Å². The number of aryl methyl sites for hydroxylation is 1. The predicted octanol–water partition coefficient (Wildman–Crippen LogP) is 4.18. The van der Waals surface area contributed by atoms with Crippen LogP contribution in [0, 0.1) is 6.92 Å². The first-order valence-corrected chi connectivity index (χ1v) is 6.55. The Labute approximate surface area is 122 Å². The summed E-state index contributed by atoms with van der Waals surface area (Å²) in [4.78, 5) is 8.14. The van der Waals surface area contributed by atoms with Crippen LogP contribution in [0.1, 0.15) is 17.1 Å². The third kappa shape index (κ3) is 3.69. The van der Waals surface area contributed by atoms with E-state index in [0.717, 1.165) is 12.1 Å². The molecule has 3 nitrogen and oxygen atoms in total. The predicted molar refractivity (Wildman–Crippen MR) is 73.2 cm³/mol. The monoisotopic (exact) mass is 345 g/mol. The zero-order valence-electron chi connectivity index (χ0n) is 10.5. The summed E-state index contributed by atoms with van der Waals surface area (Å²) in [5, 5.41) is 2.93. The van der Waals surface area contributed by atoms with Gasteiger partial charge in [0.15, 0.2) is 0 Å². The number of alkyl halides is 3. The van der Waals surface area contributed by atoms with Gasteiger partial charge >= 0.3 is 6.18 Å². The van der Waals surface area contributed by atoms with Crippen LogP contribution >= 0.6 is 15.9 Å². The van der Waals surface area contributed by atoms with Crippen molar-refractivity contribution < 1.29 is 13.2 Å². The summed E-state index contributed by atoms with van der Waals surface area (Å²) in [7, 11) is 0. The second-order valence-electron chi connectivity index (χ2n) is 4.14. The molecule has 0 saturated carbocycles. The van der Waals surface area contributed by atoms with Gasteiger partial charge in [-0.2, -0.15) is 13.2 Å². The summed E-state index contributed by atoms with van der Waals surface area (Å²) in [6, 6.07) is 5.18. The van der Waals surface area contributed by atoms with E-state index in [0.29, 0.717) is 28.2 Å². The SMILES string of the molecule is Cc1nccc(CNc2cc(C(F)(F)F)ccc2Br)n1. The highest BCUT2D eigenvalue weighted by atomic mass is 79.9. The van der Waals surface area contributed by atoms with E-state index in [4.69, 9.17) is 0 Å². The summed E-state index contributed by atoms with van der Waals surface area (Å²) >= 11 is 3.22. The first-order valence-electron chi connectivity index (χ1n) is 5.75. The van der Waals surface area contributed by atoms with Crippen LogP contribution in [0.15, 0.2) is 34.9 Å². The Hall–Kier alpha value is -1.63. The van der Waals surface area contributed by atoms with E-state index in [9.17, 15) is 13.2 Å². The van der Waals surface area contributed by atoms with Crippen LogP contribution < -0.4 is 5.32 Å². The lowest BCUT2D eigenvalue weighted by Gasteiger charge is -2.12. The molecule has 7 heteroatoms. The third-order valence-corrected chi connectivity index (χ3v) is 3.28. The lowest BCUT2D eigenvalue weighted by Crippen LogP contribution is -2.08. The molecule has 0 aliphatic carbocycles. The van der Waals surface area contributed by atoms with Crippen LogP contribution in [0.25, 0.3) is 0 Å².